The number of aryl methyl sites for hydroxylation is 1. The van der Waals surface area contributed by atoms with Gasteiger partial charge in [-0.1, -0.05) is 24.8 Å². The van der Waals surface area contributed by atoms with Crippen molar-refractivity contribution in [3.63, 3.8) is 0 Å². The molecule has 2 aromatic carbocycles. The molecule has 0 aliphatic carbocycles. The summed E-state index contributed by atoms with van der Waals surface area (Å²) in [4.78, 5) is 0. The predicted molar refractivity (Wildman–Crippen MR) is 69.3 cm³/mol. The number of ether oxygens (including phenoxy) is 1. The smallest absolute Gasteiger partial charge is 0.135 e. The van der Waals surface area contributed by atoms with Crippen LogP contribution in [0.1, 0.15) is 5.56 Å². The minimum absolute atomic E-state index is 0.819. The third-order valence-electron chi connectivity index (χ3n) is 2.96. The van der Waals surface area contributed by atoms with Crippen LogP contribution in [0.5, 0.6) is 5.75 Å². The molecule has 0 N–H and O–H groups in total. The molecule has 1 aromatic heterocycles. The van der Waals surface area contributed by atoms with Crippen LogP contribution in [0.2, 0.25) is 0 Å². The van der Waals surface area contributed by atoms with Gasteiger partial charge in [0.05, 0.1) is 6.26 Å². The van der Waals surface area contributed by atoms with Gasteiger partial charge in [-0.05, 0) is 25.1 Å². The standard InChI is InChI=1S/C15H12O2/c1-3-16-12-8-9-14-15(10(12)2)11-6-4-5-7-13(11)17-14/h3-9H,1H2,2H3. The Hall–Kier alpha value is -2.22. The summed E-state index contributed by atoms with van der Waals surface area (Å²) < 4.78 is 11.2. The number of benzene rings is 2. The van der Waals surface area contributed by atoms with Crippen molar-refractivity contribution >= 4 is 21.9 Å². The Balaban J connectivity index is 2.44. The summed E-state index contributed by atoms with van der Waals surface area (Å²) in [6.45, 7) is 5.61. The van der Waals surface area contributed by atoms with Gasteiger partial charge in [-0.15, -0.1) is 0 Å². The zero-order valence-electron chi connectivity index (χ0n) is 9.57. The van der Waals surface area contributed by atoms with Crippen LogP contribution >= 0.6 is 0 Å². The number of hydrogen-bond acceptors (Lipinski definition) is 2. The van der Waals surface area contributed by atoms with E-state index in [-0.39, 0.29) is 0 Å². The van der Waals surface area contributed by atoms with E-state index in [1.807, 2.05) is 37.3 Å². The summed E-state index contributed by atoms with van der Waals surface area (Å²) in [6, 6.07) is 11.9. The second kappa shape index (κ2) is 3.67. The lowest BCUT2D eigenvalue weighted by Crippen LogP contribution is -1.85. The molecule has 0 bridgehead atoms. The Morgan fingerprint density at radius 2 is 1.94 bits per heavy atom. The molecule has 0 spiro atoms. The largest absolute Gasteiger partial charge is 0.465 e. The van der Waals surface area contributed by atoms with E-state index in [1.165, 1.54) is 6.26 Å². The van der Waals surface area contributed by atoms with Crippen molar-refractivity contribution in [3.05, 3.63) is 54.8 Å². The highest BCUT2D eigenvalue weighted by atomic mass is 16.5. The van der Waals surface area contributed by atoms with Crippen molar-refractivity contribution in [1.29, 1.82) is 0 Å². The van der Waals surface area contributed by atoms with E-state index in [1.54, 1.807) is 0 Å². The van der Waals surface area contributed by atoms with Crippen molar-refractivity contribution in [2.24, 2.45) is 0 Å². The maximum absolute atomic E-state index is 5.78. The fourth-order valence-corrected chi connectivity index (χ4v) is 2.19. The van der Waals surface area contributed by atoms with Gasteiger partial charge in [-0.25, -0.2) is 0 Å². The molecule has 0 atom stereocenters. The van der Waals surface area contributed by atoms with Gasteiger partial charge in [-0.3, -0.25) is 0 Å². The zero-order chi connectivity index (χ0) is 11.8. The molecule has 3 aromatic rings. The predicted octanol–water partition coefficient (Wildman–Crippen LogP) is 4.42. The number of furan rings is 1. The van der Waals surface area contributed by atoms with Crippen molar-refractivity contribution in [2.75, 3.05) is 0 Å². The normalized spacial score (nSPS) is 10.9. The lowest BCUT2D eigenvalue weighted by molar-refractivity contribution is 0.480. The first kappa shape index (κ1) is 9.97. The Labute approximate surface area is 99.1 Å². The molecule has 0 aliphatic rings. The van der Waals surface area contributed by atoms with Crippen LogP contribution < -0.4 is 4.74 Å². The third-order valence-corrected chi connectivity index (χ3v) is 2.96. The maximum Gasteiger partial charge on any atom is 0.135 e. The molecule has 1 heterocycles. The number of hydrogen-bond donors (Lipinski definition) is 0. The van der Waals surface area contributed by atoms with Gasteiger partial charge in [-0.2, -0.15) is 0 Å². The van der Waals surface area contributed by atoms with Gasteiger partial charge in [0.1, 0.15) is 16.9 Å². The topological polar surface area (TPSA) is 22.4 Å². The van der Waals surface area contributed by atoms with Crippen LogP contribution in [0.15, 0.2) is 53.7 Å². The highest BCUT2D eigenvalue weighted by Crippen LogP contribution is 2.35. The van der Waals surface area contributed by atoms with E-state index in [0.717, 1.165) is 33.3 Å². The summed E-state index contributed by atoms with van der Waals surface area (Å²) >= 11 is 0. The maximum atomic E-state index is 5.78. The molecule has 0 saturated heterocycles. The van der Waals surface area contributed by atoms with Crippen LogP contribution in [-0.2, 0) is 0 Å². The van der Waals surface area contributed by atoms with Crippen molar-refractivity contribution in [3.8, 4) is 5.75 Å². The molecule has 0 amide bonds. The highest BCUT2D eigenvalue weighted by Gasteiger charge is 2.11. The SMILES string of the molecule is C=COc1ccc2oc3ccccc3c2c1C. The van der Waals surface area contributed by atoms with Crippen LogP contribution in [0.25, 0.3) is 21.9 Å². The molecular weight excluding hydrogens is 212 g/mol. The van der Waals surface area contributed by atoms with Crippen LogP contribution in [0.4, 0.5) is 0 Å². The fraction of sp³-hybridized carbons (Fsp3) is 0.0667. The van der Waals surface area contributed by atoms with Crippen LogP contribution in [0, 0.1) is 6.92 Å². The van der Waals surface area contributed by atoms with Crippen LogP contribution in [-0.4, -0.2) is 0 Å². The van der Waals surface area contributed by atoms with E-state index < -0.39 is 0 Å². The first-order valence-corrected chi connectivity index (χ1v) is 5.49. The number of fused-ring (bicyclic) bond motifs is 3. The van der Waals surface area contributed by atoms with Gasteiger partial charge >= 0.3 is 0 Å². The lowest BCUT2D eigenvalue weighted by atomic mass is 10.1. The van der Waals surface area contributed by atoms with Gasteiger partial charge < -0.3 is 9.15 Å². The summed E-state index contributed by atoms with van der Waals surface area (Å²) in [5, 5.41) is 2.23. The van der Waals surface area contributed by atoms with E-state index in [9.17, 15) is 0 Å². The van der Waals surface area contributed by atoms with Crippen molar-refractivity contribution in [1.82, 2.24) is 0 Å². The van der Waals surface area contributed by atoms with E-state index in [2.05, 4.69) is 12.6 Å². The van der Waals surface area contributed by atoms with Crippen molar-refractivity contribution < 1.29 is 9.15 Å². The summed E-state index contributed by atoms with van der Waals surface area (Å²) in [5.41, 5.74) is 2.87. The molecule has 0 unspecified atom stereocenters. The van der Waals surface area contributed by atoms with Crippen molar-refractivity contribution in [2.45, 2.75) is 6.92 Å². The second-order valence-corrected chi connectivity index (χ2v) is 3.94. The zero-order valence-corrected chi connectivity index (χ0v) is 9.57. The monoisotopic (exact) mass is 224 g/mol. The first-order valence-electron chi connectivity index (χ1n) is 5.49. The van der Waals surface area contributed by atoms with Gasteiger partial charge in [0.25, 0.3) is 0 Å². The minimum atomic E-state index is 0.819. The summed E-state index contributed by atoms with van der Waals surface area (Å²) in [7, 11) is 0. The fourth-order valence-electron chi connectivity index (χ4n) is 2.19. The van der Waals surface area contributed by atoms with E-state index in [4.69, 9.17) is 9.15 Å². The van der Waals surface area contributed by atoms with E-state index >= 15 is 0 Å². The molecule has 0 saturated carbocycles. The number of rotatable bonds is 2. The highest BCUT2D eigenvalue weighted by molar-refractivity contribution is 6.07. The molecule has 84 valence electrons. The summed E-state index contributed by atoms with van der Waals surface area (Å²) in [6.07, 6.45) is 1.44. The van der Waals surface area contributed by atoms with Gasteiger partial charge in [0, 0.05) is 16.3 Å². The molecule has 0 aliphatic heterocycles. The Bertz CT molecular complexity index is 707. The van der Waals surface area contributed by atoms with Crippen LogP contribution in [0.3, 0.4) is 0 Å². The molecule has 2 heteroatoms. The molecule has 2 nitrogen and oxygen atoms in total. The average Bonchev–Trinajstić information content (AvgIpc) is 2.72. The Kier molecular flexibility index (Phi) is 2.15. The third kappa shape index (κ3) is 1.41. The Morgan fingerprint density at radius 3 is 2.76 bits per heavy atom. The molecule has 17 heavy (non-hydrogen) atoms. The second-order valence-electron chi connectivity index (χ2n) is 3.94. The number of para-hydroxylation sites is 1. The lowest BCUT2D eigenvalue weighted by Gasteiger charge is -2.04. The molecule has 0 fully saturated rings. The quantitative estimate of drug-likeness (QED) is 0.601. The average molecular weight is 224 g/mol. The minimum Gasteiger partial charge on any atom is -0.465 e. The first-order chi connectivity index (χ1) is 8.31. The molecular formula is C15H12O2. The molecule has 3 rings (SSSR count). The van der Waals surface area contributed by atoms with Gasteiger partial charge in [0.2, 0.25) is 0 Å². The molecule has 0 radical (unpaired) electrons. The van der Waals surface area contributed by atoms with E-state index in [0.29, 0.717) is 0 Å². The van der Waals surface area contributed by atoms with Gasteiger partial charge in [0.15, 0.2) is 0 Å². The Morgan fingerprint density at radius 1 is 1.12 bits per heavy atom. The summed E-state index contributed by atoms with van der Waals surface area (Å²) in [5.74, 6) is 0.819.